The van der Waals surface area contributed by atoms with Crippen molar-refractivity contribution in [1.82, 2.24) is 9.55 Å². The zero-order valence-electron chi connectivity index (χ0n) is 21.6. The van der Waals surface area contributed by atoms with E-state index in [-0.39, 0.29) is 12.1 Å². The maximum Gasteiger partial charge on any atom is 0.416 e. The maximum atomic E-state index is 12.7. The molecule has 0 atom stereocenters. The molecule has 1 aliphatic heterocycles. The Balaban J connectivity index is 1.37. The van der Waals surface area contributed by atoms with Gasteiger partial charge in [0.05, 0.1) is 19.6 Å². The van der Waals surface area contributed by atoms with E-state index in [1.807, 2.05) is 68.8 Å². The van der Waals surface area contributed by atoms with Crippen LogP contribution in [0.3, 0.4) is 0 Å². The Kier molecular flexibility index (Phi) is 7.82. The molecule has 0 saturated carbocycles. The molecule has 192 valence electrons. The van der Waals surface area contributed by atoms with Crippen molar-refractivity contribution in [2.45, 2.75) is 65.5 Å². The molecule has 0 N–H and O–H groups in total. The quantitative estimate of drug-likeness (QED) is 0.396. The molecule has 8 heteroatoms. The zero-order valence-corrected chi connectivity index (χ0v) is 21.6. The van der Waals surface area contributed by atoms with Gasteiger partial charge >= 0.3 is 12.1 Å². The van der Waals surface area contributed by atoms with Gasteiger partial charge in [-0.25, -0.2) is 9.78 Å². The zero-order chi connectivity index (χ0) is 25.7. The predicted octanol–water partition coefficient (Wildman–Crippen LogP) is 5.30. The smallest absolute Gasteiger partial charge is 0.416 e. The van der Waals surface area contributed by atoms with E-state index in [1.165, 1.54) is 0 Å². The number of fused-ring (bicyclic) bond motifs is 2. The number of hydrogen-bond acceptors (Lipinski definition) is 6. The Labute approximate surface area is 212 Å². The first-order valence-corrected chi connectivity index (χ1v) is 12.6. The van der Waals surface area contributed by atoms with Crippen LogP contribution in [-0.2, 0) is 33.7 Å². The average Bonchev–Trinajstić information content (AvgIpc) is 3.23. The minimum atomic E-state index is -0.552. The number of rotatable bonds is 8. The van der Waals surface area contributed by atoms with Crippen LogP contribution in [0.2, 0.25) is 0 Å². The van der Waals surface area contributed by atoms with E-state index in [4.69, 9.17) is 19.2 Å². The van der Waals surface area contributed by atoms with Crippen LogP contribution in [0.5, 0.6) is 5.75 Å². The van der Waals surface area contributed by atoms with Crippen LogP contribution >= 0.6 is 0 Å². The number of esters is 1. The van der Waals surface area contributed by atoms with Gasteiger partial charge < -0.3 is 18.8 Å². The van der Waals surface area contributed by atoms with E-state index in [9.17, 15) is 9.59 Å². The van der Waals surface area contributed by atoms with Gasteiger partial charge in [0.1, 0.15) is 17.2 Å². The summed E-state index contributed by atoms with van der Waals surface area (Å²) < 4.78 is 18.7. The molecule has 0 unspecified atom stereocenters. The number of pyridine rings is 1. The maximum absolute atomic E-state index is 12.7. The van der Waals surface area contributed by atoms with Crippen molar-refractivity contribution in [1.29, 1.82) is 0 Å². The predicted molar refractivity (Wildman–Crippen MR) is 139 cm³/mol. The number of aryl methyl sites for hydroxylation is 2. The summed E-state index contributed by atoms with van der Waals surface area (Å²) >= 11 is 0. The number of aromatic nitrogens is 2. The largest absolute Gasteiger partial charge is 0.493 e. The number of hydrogen-bond donors (Lipinski definition) is 0. The molecule has 36 heavy (non-hydrogen) atoms. The molecule has 1 amide bonds. The van der Waals surface area contributed by atoms with Gasteiger partial charge in [-0.15, -0.1) is 0 Å². The van der Waals surface area contributed by atoms with Crippen LogP contribution in [0.15, 0.2) is 42.6 Å². The lowest BCUT2D eigenvalue weighted by atomic mass is 10.1. The first-order valence-electron chi connectivity index (χ1n) is 12.6. The summed E-state index contributed by atoms with van der Waals surface area (Å²) in [7, 11) is 0. The molecule has 0 bridgehead atoms. The van der Waals surface area contributed by atoms with Gasteiger partial charge in [0.2, 0.25) is 0 Å². The van der Waals surface area contributed by atoms with Crippen molar-refractivity contribution < 1.29 is 23.8 Å². The summed E-state index contributed by atoms with van der Waals surface area (Å²) in [6.45, 7) is 9.46. The Morgan fingerprint density at radius 2 is 1.94 bits per heavy atom. The Bertz CT molecular complexity index is 1230. The molecule has 3 aromatic rings. The van der Waals surface area contributed by atoms with Crippen LogP contribution in [0.4, 0.5) is 10.6 Å². The summed E-state index contributed by atoms with van der Waals surface area (Å²) in [5, 5.41) is 1.05. The van der Waals surface area contributed by atoms with E-state index < -0.39 is 5.60 Å². The average molecular weight is 494 g/mol. The van der Waals surface area contributed by atoms with Gasteiger partial charge in [-0.1, -0.05) is 6.07 Å². The number of carbonyl (C=O) groups excluding carboxylic acids is 2. The molecule has 1 aromatic carbocycles. The third-order valence-electron chi connectivity index (χ3n) is 5.94. The number of carbonyl (C=O) groups is 2. The van der Waals surface area contributed by atoms with Crippen molar-refractivity contribution in [2.75, 3.05) is 24.7 Å². The van der Waals surface area contributed by atoms with Crippen molar-refractivity contribution in [3.05, 3.63) is 53.9 Å². The molecule has 0 radical (unpaired) electrons. The lowest BCUT2D eigenvalue weighted by Crippen LogP contribution is -2.40. The molecule has 0 spiro atoms. The molecular weight excluding hydrogens is 458 g/mol. The lowest BCUT2D eigenvalue weighted by Gasteiger charge is -2.31. The Morgan fingerprint density at radius 3 is 2.72 bits per heavy atom. The fraction of sp³-hybridized carbons (Fsp3) is 0.464. The molecule has 3 heterocycles. The van der Waals surface area contributed by atoms with Crippen LogP contribution < -0.4 is 9.64 Å². The highest BCUT2D eigenvalue weighted by molar-refractivity contribution is 5.88. The van der Waals surface area contributed by atoms with Gasteiger partial charge in [0, 0.05) is 42.3 Å². The van der Waals surface area contributed by atoms with Crippen molar-refractivity contribution in [3.8, 4) is 5.75 Å². The normalized spacial score (nSPS) is 13.4. The molecule has 1 aliphatic rings. The van der Waals surface area contributed by atoms with E-state index >= 15 is 0 Å². The molecule has 8 nitrogen and oxygen atoms in total. The third kappa shape index (κ3) is 6.36. The summed E-state index contributed by atoms with van der Waals surface area (Å²) in [6.07, 6.45) is 4.37. The van der Waals surface area contributed by atoms with Crippen molar-refractivity contribution in [2.24, 2.45) is 0 Å². The monoisotopic (exact) mass is 493 g/mol. The Morgan fingerprint density at radius 1 is 1.11 bits per heavy atom. The van der Waals surface area contributed by atoms with E-state index in [1.54, 1.807) is 4.90 Å². The molecule has 0 aliphatic carbocycles. The second-order valence-electron chi connectivity index (χ2n) is 9.90. The van der Waals surface area contributed by atoms with Gasteiger partial charge in [0.25, 0.3) is 0 Å². The van der Waals surface area contributed by atoms with Crippen LogP contribution in [0, 0.1) is 0 Å². The highest BCUT2D eigenvalue weighted by Crippen LogP contribution is 2.27. The van der Waals surface area contributed by atoms with Gasteiger partial charge in [-0.3, -0.25) is 9.69 Å². The summed E-state index contributed by atoms with van der Waals surface area (Å²) in [5.41, 5.74) is 2.43. The SMILES string of the molecule is CCOC(=O)CCn1ccc2cc(OCCc3ccc4c(n3)N(C(=O)OC(C)(C)C)CCC4)ccc21. The van der Waals surface area contributed by atoms with Crippen molar-refractivity contribution in [3.63, 3.8) is 0 Å². The van der Waals surface area contributed by atoms with Crippen molar-refractivity contribution >= 4 is 28.8 Å². The van der Waals surface area contributed by atoms with E-state index in [2.05, 4.69) is 6.07 Å². The molecule has 0 fully saturated rings. The number of amides is 1. The highest BCUT2D eigenvalue weighted by Gasteiger charge is 2.28. The molecular formula is C28H35N3O5. The van der Waals surface area contributed by atoms with Crippen LogP contribution in [0.25, 0.3) is 10.9 Å². The fourth-order valence-electron chi connectivity index (χ4n) is 4.29. The molecule has 4 rings (SSSR count). The highest BCUT2D eigenvalue weighted by atomic mass is 16.6. The number of benzene rings is 1. The first kappa shape index (κ1) is 25.5. The van der Waals surface area contributed by atoms with Crippen LogP contribution in [0.1, 0.15) is 51.8 Å². The summed E-state index contributed by atoms with van der Waals surface area (Å²) in [6, 6.07) is 12.0. The van der Waals surface area contributed by atoms with Gasteiger partial charge in [-0.2, -0.15) is 0 Å². The standard InChI is InChI=1S/C28H35N3O5/c1-5-34-25(32)13-17-30-16-12-21-19-23(10-11-24(21)30)35-18-14-22-9-8-20-7-6-15-31(26(20)29-22)27(33)36-28(2,3)4/h8-12,16,19H,5-7,13-15,17-18H2,1-4H3. The van der Waals surface area contributed by atoms with Gasteiger partial charge in [-0.05, 0) is 76.4 Å². The number of nitrogens with zero attached hydrogens (tertiary/aromatic N) is 3. The van der Waals surface area contributed by atoms with E-state index in [0.29, 0.717) is 45.0 Å². The molecule has 0 saturated heterocycles. The third-order valence-corrected chi connectivity index (χ3v) is 5.94. The second-order valence-corrected chi connectivity index (χ2v) is 9.90. The summed E-state index contributed by atoms with van der Waals surface area (Å²) in [5.74, 6) is 1.28. The topological polar surface area (TPSA) is 82.9 Å². The minimum Gasteiger partial charge on any atom is -0.493 e. The van der Waals surface area contributed by atoms with E-state index in [0.717, 1.165) is 40.8 Å². The number of ether oxygens (including phenoxy) is 3. The minimum absolute atomic E-state index is 0.190. The lowest BCUT2D eigenvalue weighted by molar-refractivity contribution is -0.143. The number of anilines is 1. The molecule has 2 aromatic heterocycles. The second kappa shape index (κ2) is 11.0. The van der Waals surface area contributed by atoms with Gasteiger partial charge in [0.15, 0.2) is 0 Å². The Hall–Kier alpha value is -3.55. The summed E-state index contributed by atoms with van der Waals surface area (Å²) in [4.78, 5) is 30.8. The fourth-order valence-corrected chi connectivity index (χ4v) is 4.29. The van der Waals surface area contributed by atoms with Crippen LogP contribution in [-0.4, -0.2) is 47.0 Å². The first-order chi connectivity index (χ1) is 17.2.